The largest absolute Gasteiger partial charge is 0.497 e. The summed E-state index contributed by atoms with van der Waals surface area (Å²) < 4.78 is 12.2. The van der Waals surface area contributed by atoms with E-state index in [4.69, 9.17) is 9.47 Å². The second-order valence-corrected chi connectivity index (χ2v) is 7.27. The Morgan fingerprint density at radius 2 is 2.21 bits per heavy atom. The van der Waals surface area contributed by atoms with Gasteiger partial charge in [0.15, 0.2) is 5.13 Å². The lowest BCUT2D eigenvalue weighted by Crippen LogP contribution is -2.45. The third-order valence-corrected chi connectivity index (χ3v) is 5.21. The number of aromatic nitrogens is 3. The first-order valence-corrected chi connectivity index (χ1v) is 9.81. The van der Waals surface area contributed by atoms with Crippen LogP contribution in [-0.2, 0) is 4.74 Å². The first-order valence-electron chi connectivity index (χ1n) is 8.93. The molecular formula is C19H19N5O4S. The lowest BCUT2D eigenvalue weighted by Gasteiger charge is -2.20. The number of carbonyl (C=O) groups excluding carboxylic acids is 1. The van der Waals surface area contributed by atoms with Crippen molar-refractivity contribution in [1.29, 1.82) is 0 Å². The van der Waals surface area contributed by atoms with Crippen LogP contribution in [0.2, 0.25) is 0 Å². The first-order chi connectivity index (χ1) is 14.1. The van der Waals surface area contributed by atoms with Gasteiger partial charge in [-0.05, 0) is 18.2 Å². The molecule has 2 aromatic heterocycles. The molecule has 1 saturated heterocycles. The third-order valence-electron chi connectivity index (χ3n) is 4.52. The Morgan fingerprint density at radius 1 is 1.31 bits per heavy atom. The fourth-order valence-electron chi connectivity index (χ4n) is 3.11. The van der Waals surface area contributed by atoms with Gasteiger partial charge in [-0.2, -0.15) is 5.10 Å². The van der Waals surface area contributed by atoms with Crippen molar-refractivity contribution in [2.24, 2.45) is 0 Å². The maximum atomic E-state index is 12.5. The van der Waals surface area contributed by atoms with Crippen molar-refractivity contribution in [3.05, 3.63) is 58.3 Å². The number of rotatable bonds is 5. The summed E-state index contributed by atoms with van der Waals surface area (Å²) in [4.78, 5) is 28.8. The molecular weight excluding hydrogens is 394 g/mol. The van der Waals surface area contributed by atoms with Gasteiger partial charge in [0.25, 0.3) is 5.56 Å². The molecule has 0 bridgehead atoms. The van der Waals surface area contributed by atoms with E-state index in [1.54, 1.807) is 24.8 Å². The second-order valence-electron chi connectivity index (χ2n) is 6.38. The molecule has 9 nitrogen and oxygen atoms in total. The summed E-state index contributed by atoms with van der Waals surface area (Å²) in [5.74, 6) is 0.699. The van der Waals surface area contributed by atoms with Gasteiger partial charge < -0.3 is 14.8 Å². The number of thiazole rings is 1. The minimum Gasteiger partial charge on any atom is -0.497 e. The van der Waals surface area contributed by atoms with Crippen LogP contribution < -0.4 is 20.9 Å². The van der Waals surface area contributed by atoms with Crippen molar-refractivity contribution in [2.45, 2.75) is 12.1 Å². The Hall–Kier alpha value is -3.24. The first kappa shape index (κ1) is 19.1. The average Bonchev–Trinajstić information content (AvgIpc) is 3.40. The molecule has 2 N–H and O–H groups in total. The number of ether oxygens (including phenoxy) is 2. The molecule has 4 rings (SSSR count). The van der Waals surface area contributed by atoms with E-state index in [0.29, 0.717) is 16.6 Å². The molecule has 2 amide bonds. The highest BCUT2D eigenvalue weighted by Crippen LogP contribution is 2.23. The molecule has 0 radical (unpaired) electrons. The zero-order valence-corrected chi connectivity index (χ0v) is 16.4. The van der Waals surface area contributed by atoms with Crippen LogP contribution in [0.1, 0.15) is 6.04 Å². The van der Waals surface area contributed by atoms with Gasteiger partial charge in [0.05, 0.1) is 32.1 Å². The third kappa shape index (κ3) is 4.28. The molecule has 0 spiro atoms. The minimum absolute atomic E-state index is 0.265. The molecule has 2 atom stereocenters. The van der Waals surface area contributed by atoms with Crippen molar-refractivity contribution >= 4 is 22.5 Å². The van der Waals surface area contributed by atoms with E-state index in [1.165, 1.54) is 22.1 Å². The van der Waals surface area contributed by atoms with Gasteiger partial charge in [-0.15, -0.1) is 11.3 Å². The lowest BCUT2D eigenvalue weighted by molar-refractivity contribution is 0.181. The summed E-state index contributed by atoms with van der Waals surface area (Å²) in [7, 11) is 1.59. The Labute approximate surface area is 170 Å². The van der Waals surface area contributed by atoms with Gasteiger partial charge in [-0.3, -0.25) is 10.1 Å². The molecule has 0 aliphatic carbocycles. The maximum absolute atomic E-state index is 12.5. The number of benzene rings is 1. The fourth-order valence-corrected chi connectivity index (χ4v) is 3.63. The molecule has 10 heteroatoms. The van der Waals surface area contributed by atoms with E-state index in [9.17, 15) is 9.59 Å². The van der Waals surface area contributed by atoms with Crippen LogP contribution in [0.3, 0.4) is 0 Å². The molecule has 1 aromatic carbocycles. The van der Waals surface area contributed by atoms with E-state index in [2.05, 4.69) is 20.7 Å². The molecule has 0 saturated carbocycles. The molecule has 150 valence electrons. The van der Waals surface area contributed by atoms with Crippen molar-refractivity contribution in [1.82, 2.24) is 20.1 Å². The number of nitrogens with one attached hydrogen (secondary N) is 2. The summed E-state index contributed by atoms with van der Waals surface area (Å²) in [5.41, 5.74) is 1.18. The topological polar surface area (TPSA) is 107 Å². The molecule has 2 unspecified atom stereocenters. The van der Waals surface area contributed by atoms with E-state index in [1.807, 2.05) is 24.3 Å². The number of hydrogen-bond donors (Lipinski definition) is 2. The minimum atomic E-state index is -0.421. The second kappa shape index (κ2) is 8.41. The summed E-state index contributed by atoms with van der Waals surface area (Å²) in [6.45, 7) is 0.560. The highest BCUT2D eigenvalue weighted by Gasteiger charge is 2.33. The summed E-state index contributed by atoms with van der Waals surface area (Å²) in [5, 5.41) is 12.3. The van der Waals surface area contributed by atoms with Gasteiger partial charge in [-0.25, -0.2) is 14.5 Å². The van der Waals surface area contributed by atoms with Gasteiger partial charge in [-0.1, -0.05) is 12.1 Å². The lowest BCUT2D eigenvalue weighted by atomic mass is 10.1. The highest BCUT2D eigenvalue weighted by atomic mass is 32.1. The normalized spacial score (nSPS) is 18.4. The van der Waals surface area contributed by atoms with Crippen molar-refractivity contribution in [3.8, 4) is 17.0 Å². The number of methoxy groups -OCH3 is 1. The number of hydrogen-bond acceptors (Lipinski definition) is 7. The van der Waals surface area contributed by atoms with Gasteiger partial charge >= 0.3 is 6.03 Å². The van der Waals surface area contributed by atoms with Crippen LogP contribution in [0.4, 0.5) is 9.93 Å². The SMILES string of the molecule is COc1cccc(-c2ccc(=O)n(C3COCC3NC(=O)Nc3nccs3)n2)c1. The zero-order valence-electron chi connectivity index (χ0n) is 15.6. The number of carbonyl (C=O) groups is 1. The quantitative estimate of drug-likeness (QED) is 0.664. The summed E-state index contributed by atoms with van der Waals surface area (Å²) in [6.07, 6.45) is 1.61. The highest BCUT2D eigenvalue weighted by molar-refractivity contribution is 7.13. The van der Waals surface area contributed by atoms with Crippen LogP contribution in [0.15, 0.2) is 52.8 Å². The van der Waals surface area contributed by atoms with Gasteiger partial charge in [0, 0.05) is 23.2 Å². The zero-order chi connectivity index (χ0) is 20.2. The number of anilines is 1. The summed E-state index contributed by atoms with van der Waals surface area (Å²) >= 11 is 1.32. The van der Waals surface area contributed by atoms with Crippen molar-refractivity contribution < 1.29 is 14.3 Å². The number of amides is 2. The van der Waals surface area contributed by atoms with Crippen LogP contribution in [0.25, 0.3) is 11.3 Å². The Bertz CT molecular complexity index is 1050. The van der Waals surface area contributed by atoms with Crippen LogP contribution >= 0.6 is 11.3 Å². The Kier molecular flexibility index (Phi) is 5.54. The Balaban J connectivity index is 1.56. The van der Waals surface area contributed by atoms with Crippen LogP contribution in [0.5, 0.6) is 5.75 Å². The monoisotopic (exact) mass is 413 g/mol. The van der Waals surface area contributed by atoms with Crippen molar-refractivity contribution in [2.75, 3.05) is 25.6 Å². The van der Waals surface area contributed by atoms with Gasteiger partial charge in [0.2, 0.25) is 0 Å². The molecule has 1 fully saturated rings. The molecule has 3 aromatic rings. The smallest absolute Gasteiger partial charge is 0.321 e. The van der Waals surface area contributed by atoms with E-state index in [0.717, 1.165) is 5.56 Å². The van der Waals surface area contributed by atoms with E-state index < -0.39 is 18.1 Å². The maximum Gasteiger partial charge on any atom is 0.321 e. The predicted octanol–water partition coefficient (Wildman–Crippen LogP) is 2.14. The van der Waals surface area contributed by atoms with E-state index in [-0.39, 0.29) is 18.8 Å². The molecule has 29 heavy (non-hydrogen) atoms. The van der Waals surface area contributed by atoms with Crippen LogP contribution in [-0.4, -0.2) is 47.2 Å². The van der Waals surface area contributed by atoms with Gasteiger partial charge in [0.1, 0.15) is 11.8 Å². The molecule has 3 heterocycles. The van der Waals surface area contributed by atoms with Crippen LogP contribution in [0, 0.1) is 0 Å². The average molecular weight is 413 g/mol. The van der Waals surface area contributed by atoms with Crippen molar-refractivity contribution in [3.63, 3.8) is 0 Å². The predicted molar refractivity (Wildman–Crippen MR) is 108 cm³/mol. The number of urea groups is 1. The Morgan fingerprint density at radius 3 is 3.00 bits per heavy atom. The molecule has 1 aliphatic heterocycles. The summed E-state index contributed by atoms with van der Waals surface area (Å²) in [6, 6.07) is 9.34. The standard InChI is InChI=1S/C19H19N5O4S/c1-27-13-4-2-3-12(9-13)14-5-6-17(25)24(23-14)16-11-28-10-15(16)21-18(26)22-19-20-7-8-29-19/h2-9,15-16H,10-11H2,1H3,(H2,20,21,22,26). The fraction of sp³-hybridized carbons (Fsp3) is 0.263. The molecule has 1 aliphatic rings. The number of nitrogens with zero attached hydrogens (tertiary/aromatic N) is 3. The van der Waals surface area contributed by atoms with E-state index >= 15 is 0 Å².